The lowest BCUT2D eigenvalue weighted by Gasteiger charge is -2.17. The van der Waals surface area contributed by atoms with Crippen molar-refractivity contribution in [2.45, 2.75) is 20.5 Å². The van der Waals surface area contributed by atoms with Crippen molar-refractivity contribution >= 4 is 17.6 Å². The summed E-state index contributed by atoms with van der Waals surface area (Å²) in [6.07, 6.45) is 0. The number of hydrogen-bond acceptors (Lipinski definition) is 2. The maximum Gasteiger partial charge on any atom is 0.336 e. The zero-order chi connectivity index (χ0) is 22.8. The standard InChI is InChI=1S/C26H21ClFNO3/c1-16-7-10-20(14-21(16)26(30)31)29-17(2)8-11-24(29)22-13-19(27)9-12-25(22)32-15-18-5-3-4-6-23(18)28/h3-14H,15H2,1-2H3,(H,30,31). The molecule has 1 N–H and O–H groups in total. The minimum absolute atomic E-state index is 0.0642. The van der Waals surface area contributed by atoms with Crippen LogP contribution in [-0.2, 0) is 6.61 Å². The van der Waals surface area contributed by atoms with Gasteiger partial charge in [0.05, 0.1) is 11.3 Å². The Morgan fingerprint density at radius 2 is 1.81 bits per heavy atom. The van der Waals surface area contributed by atoms with Crippen LogP contribution in [-0.4, -0.2) is 15.6 Å². The number of ether oxygens (including phenoxy) is 1. The van der Waals surface area contributed by atoms with Gasteiger partial charge in [0.25, 0.3) is 0 Å². The number of benzene rings is 3. The molecule has 3 aromatic carbocycles. The minimum Gasteiger partial charge on any atom is -0.488 e. The van der Waals surface area contributed by atoms with Crippen molar-refractivity contribution < 1.29 is 19.0 Å². The number of halogens is 2. The number of carbonyl (C=O) groups is 1. The number of aryl methyl sites for hydroxylation is 2. The van der Waals surface area contributed by atoms with E-state index in [0.717, 1.165) is 17.0 Å². The molecule has 6 heteroatoms. The van der Waals surface area contributed by atoms with Crippen molar-refractivity contribution in [1.29, 1.82) is 0 Å². The lowest BCUT2D eigenvalue weighted by atomic mass is 10.1. The second-order valence-corrected chi connectivity index (χ2v) is 7.96. The molecule has 0 aliphatic carbocycles. The number of aromatic nitrogens is 1. The molecule has 162 valence electrons. The monoisotopic (exact) mass is 449 g/mol. The van der Waals surface area contributed by atoms with E-state index in [1.165, 1.54) is 6.07 Å². The summed E-state index contributed by atoms with van der Waals surface area (Å²) in [4.78, 5) is 11.7. The summed E-state index contributed by atoms with van der Waals surface area (Å²) in [7, 11) is 0. The average molecular weight is 450 g/mol. The minimum atomic E-state index is -0.979. The zero-order valence-corrected chi connectivity index (χ0v) is 18.4. The molecule has 0 atom stereocenters. The molecule has 0 saturated carbocycles. The summed E-state index contributed by atoms with van der Waals surface area (Å²) in [5, 5.41) is 10.1. The van der Waals surface area contributed by atoms with Crippen LogP contribution in [0.2, 0.25) is 5.02 Å². The second kappa shape index (κ2) is 8.89. The Bertz CT molecular complexity index is 1310. The number of carboxylic acids is 1. The van der Waals surface area contributed by atoms with Gasteiger partial charge in [-0.05, 0) is 67.9 Å². The van der Waals surface area contributed by atoms with Crippen molar-refractivity contribution in [2.24, 2.45) is 0 Å². The van der Waals surface area contributed by atoms with Crippen LogP contribution in [0.4, 0.5) is 4.39 Å². The first-order valence-electron chi connectivity index (χ1n) is 10.0. The van der Waals surface area contributed by atoms with E-state index in [2.05, 4.69) is 0 Å². The van der Waals surface area contributed by atoms with Gasteiger partial charge in [-0.3, -0.25) is 0 Å². The molecule has 1 aromatic heterocycles. The van der Waals surface area contributed by atoms with Gasteiger partial charge in [-0.15, -0.1) is 0 Å². The van der Waals surface area contributed by atoms with Crippen molar-refractivity contribution in [2.75, 3.05) is 0 Å². The SMILES string of the molecule is Cc1ccc(-n2c(C)ccc2-c2cc(Cl)ccc2OCc2ccccc2F)cc1C(=O)O. The molecular weight excluding hydrogens is 429 g/mol. The highest BCUT2D eigenvalue weighted by Gasteiger charge is 2.17. The summed E-state index contributed by atoms with van der Waals surface area (Å²) in [5.41, 5.74) is 4.51. The number of carboxylic acid groups (broad SMARTS) is 1. The first-order chi connectivity index (χ1) is 15.3. The first-order valence-corrected chi connectivity index (χ1v) is 10.4. The molecule has 0 bridgehead atoms. The van der Waals surface area contributed by atoms with Gasteiger partial charge in [-0.1, -0.05) is 35.9 Å². The highest BCUT2D eigenvalue weighted by molar-refractivity contribution is 6.31. The fourth-order valence-electron chi connectivity index (χ4n) is 3.67. The molecule has 4 nitrogen and oxygen atoms in total. The highest BCUT2D eigenvalue weighted by Crippen LogP contribution is 2.36. The molecule has 0 radical (unpaired) electrons. The fraction of sp³-hybridized carbons (Fsp3) is 0.115. The van der Waals surface area contributed by atoms with E-state index in [4.69, 9.17) is 16.3 Å². The third-order valence-corrected chi connectivity index (χ3v) is 5.58. The number of rotatable bonds is 6. The Hall–Kier alpha value is -3.57. The van der Waals surface area contributed by atoms with E-state index in [9.17, 15) is 14.3 Å². The quantitative estimate of drug-likeness (QED) is 0.351. The first kappa shape index (κ1) is 21.7. The molecule has 0 amide bonds. The lowest BCUT2D eigenvalue weighted by molar-refractivity contribution is 0.0696. The van der Waals surface area contributed by atoms with Gasteiger partial charge in [0.1, 0.15) is 18.2 Å². The zero-order valence-electron chi connectivity index (χ0n) is 17.6. The van der Waals surface area contributed by atoms with E-state index >= 15 is 0 Å². The summed E-state index contributed by atoms with van der Waals surface area (Å²) in [5.74, 6) is -0.766. The molecule has 4 rings (SSSR count). The van der Waals surface area contributed by atoms with Gasteiger partial charge in [0.2, 0.25) is 0 Å². The van der Waals surface area contributed by atoms with Crippen LogP contribution < -0.4 is 4.74 Å². The predicted molar refractivity (Wildman–Crippen MR) is 123 cm³/mol. The van der Waals surface area contributed by atoms with E-state index < -0.39 is 5.97 Å². The van der Waals surface area contributed by atoms with E-state index in [1.807, 2.05) is 29.7 Å². The molecule has 32 heavy (non-hydrogen) atoms. The Balaban J connectivity index is 1.79. The van der Waals surface area contributed by atoms with Crippen molar-refractivity contribution in [3.8, 4) is 22.7 Å². The Labute approximate surface area is 190 Å². The molecular formula is C26H21ClFNO3. The summed E-state index contributed by atoms with van der Waals surface area (Å²) >= 11 is 6.30. The summed E-state index contributed by atoms with van der Waals surface area (Å²) < 4.78 is 22.0. The largest absolute Gasteiger partial charge is 0.488 e. The van der Waals surface area contributed by atoms with E-state index in [0.29, 0.717) is 27.6 Å². The van der Waals surface area contributed by atoms with Crippen LogP contribution in [0.3, 0.4) is 0 Å². The fourth-order valence-corrected chi connectivity index (χ4v) is 3.84. The lowest BCUT2D eigenvalue weighted by Crippen LogP contribution is -2.05. The molecule has 0 saturated heterocycles. The predicted octanol–water partition coefficient (Wildman–Crippen LogP) is 6.83. The van der Waals surface area contributed by atoms with Gasteiger partial charge < -0.3 is 14.4 Å². The maximum atomic E-state index is 14.1. The topological polar surface area (TPSA) is 51.5 Å². The maximum absolute atomic E-state index is 14.1. The molecule has 0 unspecified atom stereocenters. The van der Waals surface area contributed by atoms with E-state index in [1.54, 1.807) is 55.5 Å². The van der Waals surface area contributed by atoms with Crippen molar-refractivity contribution in [3.63, 3.8) is 0 Å². The smallest absolute Gasteiger partial charge is 0.336 e. The summed E-state index contributed by atoms with van der Waals surface area (Å²) in [6.45, 7) is 3.77. The van der Waals surface area contributed by atoms with Crippen LogP contribution in [0.1, 0.15) is 27.2 Å². The van der Waals surface area contributed by atoms with Gasteiger partial charge in [-0.25, -0.2) is 9.18 Å². The number of aromatic carboxylic acids is 1. The van der Waals surface area contributed by atoms with Crippen molar-refractivity contribution in [3.05, 3.63) is 106 Å². The Kier molecular flexibility index (Phi) is 6.01. The molecule has 0 fully saturated rings. The van der Waals surface area contributed by atoms with Crippen molar-refractivity contribution in [1.82, 2.24) is 4.57 Å². The number of hydrogen-bond donors (Lipinski definition) is 1. The highest BCUT2D eigenvalue weighted by atomic mass is 35.5. The molecule has 0 spiro atoms. The van der Waals surface area contributed by atoms with Crippen LogP contribution in [0, 0.1) is 19.7 Å². The van der Waals surface area contributed by atoms with Crippen LogP contribution >= 0.6 is 11.6 Å². The van der Waals surface area contributed by atoms with Gasteiger partial charge in [0, 0.05) is 27.5 Å². The Morgan fingerprint density at radius 1 is 1.03 bits per heavy atom. The Morgan fingerprint density at radius 3 is 2.56 bits per heavy atom. The van der Waals surface area contributed by atoms with Crippen LogP contribution in [0.25, 0.3) is 16.9 Å². The number of nitrogens with zero attached hydrogens (tertiary/aromatic N) is 1. The van der Waals surface area contributed by atoms with Crippen LogP contribution in [0.5, 0.6) is 5.75 Å². The normalized spacial score (nSPS) is 10.9. The molecule has 0 aliphatic heterocycles. The third kappa shape index (κ3) is 4.25. The van der Waals surface area contributed by atoms with Crippen LogP contribution in [0.15, 0.2) is 72.8 Å². The molecule has 4 aromatic rings. The van der Waals surface area contributed by atoms with Gasteiger partial charge in [0.15, 0.2) is 0 Å². The van der Waals surface area contributed by atoms with E-state index in [-0.39, 0.29) is 18.0 Å². The third-order valence-electron chi connectivity index (χ3n) is 5.34. The second-order valence-electron chi connectivity index (χ2n) is 7.52. The van der Waals surface area contributed by atoms with Gasteiger partial charge in [-0.2, -0.15) is 0 Å². The average Bonchev–Trinajstić information content (AvgIpc) is 3.15. The van der Waals surface area contributed by atoms with Gasteiger partial charge >= 0.3 is 5.97 Å². The summed E-state index contributed by atoms with van der Waals surface area (Å²) in [6, 6.07) is 20.9. The molecule has 1 heterocycles. The molecule has 0 aliphatic rings.